The average Bonchev–Trinajstić information content (AvgIpc) is 3.30. The van der Waals surface area contributed by atoms with Gasteiger partial charge in [0.05, 0.1) is 11.9 Å². The van der Waals surface area contributed by atoms with Crippen LogP contribution in [0.4, 0.5) is 5.69 Å². The maximum atomic E-state index is 4.42. The number of anilines is 1. The van der Waals surface area contributed by atoms with Crippen molar-refractivity contribution in [1.82, 2.24) is 14.6 Å². The van der Waals surface area contributed by atoms with Gasteiger partial charge in [0.25, 0.3) is 0 Å². The van der Waals surface area contributed by atoms with Gasteiger partial charge < -0.3 is 5.32 Å². The Balaban J connectivity index is 1.50. The molecule has 0 aliphatic carbocycles. The van der Waals surface area contributed by atoms with Gasteiger partial charge in [-0.3, -0.25) is 0 Å². The smallest absolute Gasteiger partial charge is 0.155 e. The van der Waals surface area contributed by atoms with E-state index in [0.717, 1.165) is 35.6 Å². The molecule has 4 nitrogen and oxygen atoms in total. The van der Waals surface area contributed by atoms with E-state index in [0.29, 0.717) is 0 Å². The summed E-state index contributed by atoms with van der Waals surface area (Å²) in [6.07, 6.45) is 12.2. The molecule has 31 heavy (non-hydrogen) atoms. The number of hydrogen-bond donors (Lipinski definition) is 1. The lowest BCUT2D eigenvalue weighted by atomic mass is 10.0. The lowest BCUT2D eigenvalue weighted by Gasteiger charge is -2.13. The van der Waals surface area contributed by atoms with Crippen molar-refractivity contribution in [2.75, 3.05) is 11.9 Å². The Bertz CT molecular complexity index is 1130. The van der Waals surface area contributed by atoms with Gasteiger partial charge in [0.15, 0.2) is 5.65 Å². The molecule has 0 fully saturated rings. The van der Waals surface area contributed by atoms with E-state index in [2.05, 4.69) is 83.0 Å². The predicted molar refractivity (Wildman–Crippen MR) is 130 cm³/mol. The standard InChI is InChI=1S/C27H30N4/c1-2-3-4-6-12-23(19-22-10-7-5-8-11-22)21-29-25-14-9-13-24(20-25)26-15-17-28-27-16-18-30-31(26)27/h5,7-11,13-20,29H,2-4,6,12,21H2,1H3/b23-19+. The molecule has 4 heteroatoms. The quantitative estimate of drug-likeness (QED) is 0.290. The van der Waals surface area contributed by atoms with E-state index < -0.39 is 0 Å². The fraction of sp³-hybridized carbons (Fsp3) is 0.259. The van der Waals surface area contributed by atoms with Crippen LogP contribution in [0.15, 0.2) is 84.7 Å². The lowest BCUT2D eigenvalue weighted by Crippen LogP contribution is -2.05. The zero-order valence-corrected chi connectivity index (χ0v) is 18.2. The highest BCUT2D eigenvalue weighted by molar-refractivity contribution is 5.67. The van der Waals surface area contributed by atoms with Crippen molar-refractivity contribution < 1.29 is 0 Å². The van der Waals surface area contributed by atoms with Gasteiger partial charge >= 0.3 is 0 Å². The maximum Gasteiger partial charge on any atom is 0.155 e. The number of unbranched alkanes of at least 4 members (excludes halogenated alkanes) is 3. The monoisotopic (exact) mass is 410 g/mol. The topological polar surface area (TPSA) is 42.2 Å². The van der Waals surface area contributed by atoms with Crippen molar-refractivity contribution in [2.45, 2.75) is 39.0 Å². The van der Waals surface area contributed by atoms with Crippen LogP contribution in [-0.4, -0.2) is 21.1 Å². The molecule has 0 amide bonds. The summed E-state index contributed by atoms with van der Waals surface area (Å²) >= 11 is 0. The fourth-order valence-corrected chi connectivity index (χ4v) is 3.83. The maximum absolute atomic E-state index is 4.42. The number of fused-ring (bicyclic) bond motifs is 1. The summed E-state index contributed by atoms with van der Waals surface area (Å²) < 4.78 is 1.88. The second-order valence-electron chi connectivity index (χ2n) is 7.89. The molecular weight excluding hydrogens is 380 g/mol. The predicted octanol–water partition coefficient (Wildman–Crippen LogP) is 6.86. The molecule has 4 rings (SSSR count). The Labute approximate surface area is 184 Å². The van der Waals surface area contributed by atoms with Crippen molar-refractivity contribution in [3.8, 4) is 11.3 Å². The van der Waals surface area contributed by atoms with Crippen LogP contribution in [0.25, 0.3) is 23.0 Å². The highest BCUT2D eigenvalue weighted by Crippen LogP contribution is 2.23. The Kier molecular flexibility index (Phi) is 7.12. The van der Waals surface area contributed by atoms with Crippen LogP contribution in [0.3, 0.4) is 0 Å². The minimum Gasteiger partial charge on any atom is -0.381 e. The highest BCUT2D eigenvalue weighted by atomic mass is 15.2. The van der Waals surface area contributed by atoms with Crippen molar-refractivity contribution in [3.05, 3.63) is 90.3 Å². The molecule has 0 aliphatic heterocycles. The van der Waals surface area contributed by atoms with Gasteiger partial charge in [-0.15, -0.1) is 0 Å². The molecule has 4 aromatic rings. The van der Waals surface area contributed by atoms with Crippen LogP contribution in [0.1, 0.15) is 44.6 Å². The summed E-state index contributed by atoms with van der Waals surface area (Å²) in [6.45, 7) is 3.10. The van der Waals surface area contributed by atoms with Gasteiger partial charge in [0, 0.05) is 30.1 Å². The van der Waals surface area contributed by atoms with Crippen LogP contribution in [0.2, 0.25) is 0 Å². The molecule has 2 heterocycles. The van der Waals surface area contributed by atoms with Gasteiger partial charge in [0.1, 0.15) is 0 Å². The van der Waals surface area contributed by atoms with Gasteiger partial charge in [-0.2, -0.15) is 5.10 Å². The number of rotatable bonds is 10. The van der Waals surface area contributed by atoms with E-state index in [9.17, 15) is 0 Å². The number of hydrogen-bond acceptors (Lipinski definition) is 3. The van der Waals surface area contributed by atoms with Gasteiger partial charge in [0.2, 0.25) is 0 Å². The average molecular weight is 411 g/mol. The third-order valence-corrected chi connectivity index (χ3v) is 5.49. The molecule has 0 radical (unpaired) electrons. The summed E-state index contributed by atoms with van der Waals surface area (Å²) in [6, 6.07) is 23.1. The Morgan fingerprint density at radius 3 is 2.71 bits per heavy atom. The summed E-state index contributed by atoms with van der Waals surface area (Å²) in [5.41, 5.74) is 6.83. The van der Waals surface area contributed by atoms with E-state index in [4.69, 9.17) is 0 Å². The Morgan fingerprint density at radius 1 is 0.935 bits per heavy atom. The first-order valence-electron chi connectivity index (χ1n) is 11.2. The summed E-state index contributed by atoms with van der Waals surface area (Å²) in [5.74, 6) is 0. The summed E-state index contributed by atoms with van der Waals surface area (Å²) in [7, 11) is 0. The first-order chi connectivity index (χ1) is 15.3. The van der Waals surface area contributed by atoms with E-state index in [1.165, 1.54) is 36.8 Å². The lowest BCUT2D eigenvalue weighted by molar-refractivity contribution is 0.663. The molecule has 0 atom stereocenters. The summed E-state index contributed by atoms with van der Waals surface area (Å²) in [5, 5.41) is 8.06. The molecule has 0 aliphatic rings. The highest BCUT2D eigenvalue weighted by Gasteiger charge is 2.06. The first-order valence-corrected chi connectivity index (χ1v) is 11.2. The second-order valence-corrected chi connectivity index (χ2v) is 7.89. The Hall–Kier alpha value is -3.40. The minimum absolute atomic E-state index is 0.845. The number of aromatic nitrogens is 3. The van der Waals surface area contributed by atoms with Crippen LogP contribution in [0.5, 0.6) is 0 Å². The molecule has 0 spiro atoms. The molecule has 2 aromatic heterocycles. The second kappa shape index (κ2) is 10.6. The van der Waals surface area contributed by atoms with Crippen LogP contribution in [0, 0.1) is 0 Å². The van der Waals surface area contributed by atoms with Crippen molar-refractivity contribution in [3.63, 3.8) is 0 Å². The molecule has 158 valence electrons. The molecular formula is C27H30N4. The fourth-order valence-electron chi connectivity index (χ4n) is 3.83. The number of benzene rings is 2. The SMILES string of the molecule is CCCCCC/C(=C\c1ccccc1)CNc1cccc(-c2ccnc3ccnn23)c1. The molecule has 0 saturated heterocycles. The molecule has 0 unspecified atom stereocenters. The van der Waals surface area contributed by atoms with E-state index in [1.807, 2.05) is 22.8 Å². The molecule has 2 aromatic carbocycles. The molecule has 0 saturated carbocycles. The number of nitrogens with one attached hydrogen (secondary N) is 1. The Morgan fingerprint density at radius 2 is 1.84 bits per heavy atom. The van der Waals surface area contributed by atoms with E-state index in [1.54, 1.807) is 6.20 Å². The van der Waals surface area contributed by atoms with Crippen LogP contribution >= 0.6 is 0 Å². The van der Waals surface area contributed by atoms with Crippen molar-refractivity contribution in [2.24, 2.45) is 0 Å². The van der Waals surface area contributed by atoms with Crippen molar-refractivity contribution in [1.29, 1.82) is 0 Å². The third-order valence-electron chi connectivity index (χ3n) is 5.49. The van der Waals surface area contributed by atoms with E-state index >= 15 is 0 Å². The zero-order chi connectivity index (χ0) is 21.3. The number of nitrogens with zero attached hydrogens (tertiary/aromatic N) is 3. The van der Waals surface area contributed by atoms with Gasteiger partial charge in [-0.05, 0) is 36.6 Å². The largest absolute Gasteiger partial charge is 0.381 e. The normalized spacial score (nSPS) is 11.7. The minimum atomic E-state index is 0.845. The summed E-state index contributed by atoms with van der Waals surface area (Å²) in [4.78, 5) is 4.37. The van der Waals surface area contributed by atoms with Crippen molar-refractivity contribution >= 4 is 17.4 Å². The third kappa shape index (κ3) is 5.60. The molecule has 1 N–H and O–H groups in total. The van der Waals surface area contributed by atoms with Gasteiger partial charge in [-0.1, -0.05) is 80.3 Å². The molecule has 0 bridgehead atoms. The van der Waals surface area contributed by atoms with E-state index in [-0.39, 0.29) is 0 Å². The first kappa shape index (κ1) is 20.9. The zero-order valence-electron chi connectivity index (χ0n) is 18.2. The van der Waals surface area contributed by atoms with Crippen LogP contribution < -0.4 is 5.32 Å². The van der Waals surface area contributed by atoms with Gasteiger partial charge in [-0.25, -0.2) is 9.50 Å². The van der Waals surface area contributed by atoms with Crippen LogP contribution in [-0.2, 0) is 0 Å².